The second-order valence-electron chi connectivity index (χ2n) is 9.12. The molecule has 2 saturated carbocycles. The molecule has 2 fully saturated rings. The summed E-state index contributed by atoms with van der Waals surface area (Å²) in [7, 11) is 3.17. The smallest absolute Gasteiger partial charge is 0.318 e. The maximum absolute atomic E-state index is 13.3. The first kappa shape index (κ1) is 22.5. The van der Waals surface area contributed by atoms with Gasteiger partial charge in [-0.2, -0.15) is 0 Å². The number of amides is 2. The fourth-order valence-corrected chi connectivity index (χ4v) is 5.14. The van der Waals surface area contributed by atoms with Crippen molar-refractivity contribution in [3.8, 4) is 11.5 Å². The van der Waals surface area contributed by atoms with Crippen molar-refractivity contribution < 1.29 is 14.3 Å². The standard InChI is InChI=1S/C25H35N3O4/c1-31-22-14-17-13-18(24(29)27-21(17)15-23(22)32-2)16-28(20-11-7-4-8-12-20)25(30)26-19-9-5-3-6-10-19/h13-15,19-20H,3-12,16H2,1-2H3,(H,26,30)(H,27,29). The molecule has 0 bridgehead atoms. The van der Waals surface area contributed by atoms with E-state index in [1.54, 1.807) is 20.3 Å². The van der Waals surface area contributed by atoms with Gasteiger partial charge in [0.15, 0.2) is 11.5 Å². The third kappa shape index (κ3) is 5.03. The van der Waals surface area contributed by atoms with Gasteiger partial charge in [-0.3, -0.25) is 4.79 Å². The molecule has 32 heavy (non-hydrogen) atoms. The Hall–Kier alpha value is -2.70. The molecule has 7 heteroatoms. The Kier molecular flexibility index (Phi) is 7.22. The van der Waals surface area contributed by atoms with E-state index in [1.807, 2.05) is 17.0 Å². The number of methoxy groups -OCH3 is 2. The van der Waals surface area contributed by atoms with E-state index < -0.39 is 0 Å². The molecular weight excluding hydrogens is 406 g/mol. The van der Waals surface area contributed by atoms with E-state index in [9.17, 15) is 9.59 Å². The lowest BCUT2D eigenvalue weighted by molar-refractivity contribution is 0.145. The highest BCUT2D eigenvalue weighted by atomic mass is 16.5. The van der Waals surface area contributed by atoms with Gasteiger partial charge in [-0.1, -0.05) is 38.5 Å². The monoisotopic (exact) mass is 441 g/mol. The van der Waals surface area contributed by atoms with Gasteiger partial charge in [-0.05, 0) is 37.8 Å². The minimum Gasteiger partial charge on any atom is -0.493 e. The largest absolute Gasteiger partial charge is 0.493 e. The van der Waals surface area contributed by atoms with E-state index in [2.05, 4.69) is 10.3 Å². The summed E-state index contributed by atoms with van der Waals surface area (Å²) in [6.45, 7) is 0.308. The molecule has 1 aromatic carbocycles. The molecule has 2 aliphatic rings. The van der Waals surface area contributed by atoms with Crippen LogP contribution in [0.5, 0.6) is 11.5 Å². The molecule has 4 rings (SSSR count). The zero-order chi connectivity index (χ0) is 22.5. The van der Waals surface area contributed by atoms with E-state index >= 15 is 0 Å². The van der Waals surface area contributed by atoms with Crippen molar-refractivity contribution in [2.45, 2.75) is 82.8 Å². The Bertz CT molecular complexity index is 991. The van der Waals surface area contributed by atoms with Crippen LogP contribution in [0.25, 0.3) is 10.9 Å². The van der Waals surface area contributed by atoms with Crippen LogP contribution in [0.3, 0.4) is 0 Å². The summed E-state index contributed by atoms with van der Waals surface area (Å²) in [5.41, 5.74) is 1.11. The molecule has 7 nitrogen and oxygen atoms in total. The molecule has 1 heterocycles. The van der Waals surface area contributed by atoms with Gasteiger partial charge >= 0.3 is 6.03 Å². The van der Waals surface area contributed by atoms with Crippen LogP contribution in [0, 0.1) is 0 Å². The molecule has 1 aromatic heterocycles. The van der Waals surface area contributed by atoms with Gasteiger partial charge in [0.05, 0.1) is 26.3 Å². The predicted molar refractivity (Wildman–Crippen MR) is 125 cm³/mol. The van der Waals surface area contributed by atoms with E-state index in [4.69, 9.17) is 9.47 Å². The second-order valence-corrected chi connectivity index (χ2v) is 9.12. The first-order valence-corrected chi connectivity index (χ1v) is 11.9. The van der Waals surface area contributed by atoms with Crippen molar-refractivity contribution in [3.63, 3.8) is 0 Å². The molecule has 0 atom stereocenters. The number of pyridine rings is 1. The van der Waals surface area contributed by atoms with Crippen LogP contribution in [0.4, 0.5) is 4.79 Å². The van der Waals surface area contributed by atoms with Gasteiger partial charge in [0, 0.05) is 29.1 Å². The number of fused-ring (bicyclic) bond motifs is 1. The lowest BCUT2D eigenvalue weighted by atomic mass is 9.93. The molecule has 2 aromatic rings. The van der Waals surface area contributed by atoms with Crippen molar-refractivity contribution >= 4 is 16.9 Å². The van der Waals surface area contributed by atoms with Crippen molar-refractivity contribution in [3.05, 3.63) is 34.1 Å². The lowest BCUT2D eigenvalue weighted by Crippen LogP contribution is -2.50. The molecule has 2 amide bonds. The van der Waals surface area contributed by atoms with Crippen LogP contribution in [-0.2, 0) is 6.54 Å². The summed E-state index contributed by atoms with van der Waals surface area (Å²) >= 11 is 0. The van der Waals surface area contributed by atoms with Crippen molar-refractivity contribution in [1.29, 1.82) is 0 Å². The van der Waals surface area contributed by atoms with Crippen molar-refractivity contribution in [2.75, 3.05) is 14.2 Å². The molecule has 0 radical (unpaired) electrons. The zero-order valence-electron chi connectivity index (χ0n) is 19.2. The highest BCUT2D eigenvalue weighted by Gasteiger charge is 2.28. The molecule has 0 unspecified atom stereocenters. The molecule has 0 spiro atoms. The first-order valence-electron chi connectivity index (χ1n) is 11.9. The van der Waals surface area contributed by atoms with E-state index in [-0.39, 0.29) is 23.7 Å². The highest BCUT2D eigenvalue weighted by Crippen LogP contribution is 2.31. The lowest BCUT2D eigenvalue weighted by Gasteiger charge is -2.36. The number of benzene rings is 1. The van der Waals surface area contributed by atoms with Crippen LogP contribution < -0.4 is 20.3 Å². The van der Waals surface area contributed by atoms with Crippen LogP contribution in [0.1, 0.15) is 69.8 Å². The summed E-state index contributed by atoms with van der Waals surface area (Å²) in [6, 6.07) is 5.89. The number of hydrogen-bond donors (Lipinski definition) is 2. The number of H-pyrrole nitrogens is 1. The first-order chi connectivity index (χ1) is 15.6. The number of carbonyl (C=O) groups is 1. The minimum atomic E-state index is -0.170. The van der Waals surface area contributed by atoms with Crippen molar-refractivity contribution in [1.82, 2.24) is 15.2 Å². The number of urea groups is 1. The Balaban J connectivity index is 1.62. The van der Waals surface area contributed by atoms with E-state index in [0.29, 0.717) is 29.1 Å². The third-order valence-electron chi connectivity index (χ3n) is 6.98. The van der Waals surface area contributed by atoms with Gasteiger partial charge in [-0.15, -0.1) is 0 Å². The SMILES string of the molecule is COc1cc2cc(CN(C(=O)NC3CCCCC3)C3CCCCC3)c(=O)[nH]c2cc1OC. The summed E-state index contributed by atoms with van der Waals surface area (Å²) in [5, 5.41) is 4.12. The van der Waals surface area contributed by atoms with Crippen molar-refractivity contribution in [2.24, 2.45) is 0 Å². The summed E-state index contributed by atoms with van der Waals surface area (Å²) in [4.78, 5) is 31.1. The Morgan fingerprint density at radius 2 is 1.59 bits per heavy atom. The number of rotatable bonds is 6. The summed E-state index contributed by atoms with van der Waals surface area (Å²) in [6.07, 6.45) is 11.1. The minimum absolute atomic E-state index is 0.0318. The van der Waals surface area contributed by atoms with Gasteiger partial charge in [-0.25, -0.2) is 4.79 Å². The molecule has 2 aliphatic carbocycles. The number of hydrogen-bond acceptors (Lipinski definition) is 4. The number of aromatic nitrogens is 1. The summed E-state index contributed by atoms with van der Waals surface area (Å²) < 4.78 is 10.8. The maximum Gasteiger partial charge on any atom is 0.318 e. The van der Waals surface area contributed by atoms with Gasteiger partial charge in [0.1, 0.15) is 0 Å². The molecule has 0 saturated heterocycles. The third-order valence-corrected chi connectivity index (χ3v) is 6.98. The van der Waals surface area contributed by atoms with Crippen LogP contribution in [0.15, 0.2) is 23.0 Å². The van der Waals surface area contributed by atoms with E-state index in [0.717, 1.165) is 43.9 Å². The second kappa shape index (κ2) is 10.3. The predicted octanol–water partition coefficient (Wildman–Crippen LogP) is 4.72. The average Bonchev–Trinajstić information content (AvgIpc) is 2.83. The van der Waals surface area contributed by atoms with Crippen LogP contribution >= 0.6 is 0 Å². The Morgan fingerprint density at radius 3 is 2.25 bits per heavy atom. The fourth-order valence-electron chi connectivity index (χ4n) is 5.14. The molecule has 174 valence electrons. The van der Waals surface area contributed by atoms with Crippen LogP contribution in [0.2, 0.25) is 0 Å². The number of aromatic amines is 1. The van der Waals surface area contributed by atoms with Gasteiger partial charge in [0.25, 0.3) is 5.56 Å². The van der Waals surface area contributed by atoms with Gasteiger partial charge < -0.3 is 24.7 Å². The molecule has 2 N–H and O–H groups in total. The van der Waals surface area contributed by atoms with Gasteiger partial charge in [0.2, 0.25) is 0 Å². The highest BCUT2D eigenvalue weighted by molar-refractivity contribution is 5.83. The molecule has 0 aliphatic heterocycles. The number of ether oxygens (including phenoxy) is 2. The maximum atomic E-state index is 13.3. The number of carbonyl (C=O) groups excluding carboxylic acids is 1. The Labute approximate surface area is 189 Å². The molecular formula is C25H35N3O4. The Morgan fingerprint density at radius 1 is 0.969 bits per heavy atom. The summed E-state index contributed by atoms with van der Waals surface area (Å²) in [5.74, 6) is 1.18. The van der Waals surface area contributed by atoms with Crippen LogP contribution in [-0.4, -0.2) is 42.2 Å². The van der Waals surface area contributed by atoms with E-state index in [1.165, 1.54) is 25.7 Å². The quantitative estimate of drug-likeness (QED) is 0.679. The normalized spacial score (nSPS) is 17.8. The fraction of sp³-hybridized carbons (Fsp3) is 0.600. The topological polar surface area (TPSA) is 83.7 Å². The number of nitrogens with one attached hydrogen (secondary N) is 2. The average molecular weight is 442 g/mol. The zero-order valence-corrected chi connectivity index (χ0v) is 19.2. The number of nitrogens with zero attached hydrogens (tertiary/aromatic N) is 1.